The van der Waals surface area contributed by atoms with Crippen molar-refractivity contribution in [2.75, 3.05) is 0 Å². The summed E-state index contributed by atoms with van der Waals surface area (Å²) in [5.74, 6) is 0.599. The summed E-state index contributed by atoms with van der Waals surface area (Å²) >= 11 is 0. The lowest BCUT2D eigenvalue weighted by molar-refractivity contribution is -0.143. The Morgan fingerprint density at radius 3 is 1.04 bits per heavy atom. The van der Waals surface area contributed by atoms with Gasteiger partial charge < -0.3 is 9.13 Å². The number of rotatable bonds is 5. The first-order chi connectivity index (χ1) is 35.0. The minimum atomic E-state index is -5.08. The van der Waals surface area contributed by atoms with E-state index in [1.807, 2.05) is 143 Å². The van der Waals surface area contributed by atoms with Crippen LogP contribution in [0.2, 0.25) is 0 Å². The third kappa shape index (κ3) is 6.13. The van der Waals surface area contributed by atoms with Gasteiger partial charge in [0.1, 0.15) is 11.6 Å². The van der Waals surface area contributed by atoms with Crippen LogP contribution in [0.3, 0.4) is 0 Å². The Kier molecular flexibility index (Phi) is 8.84. The van der Waals surface area contributed by atoms with E-state index in [1.54, 1.807) is 12.1 Å². The van der Waals surface area contributed by atoms with Gasteiger partial charge >= 0.3 is 12.4 Å². The van der Waals surface area contributed by atoms with E-state index in [9.17, 15) is 26.3 Å². The quantitative estimate of drug-likeness (QED) is 0.158. The molecule has 0 saturated carbocycles. The first-order valence-corrected chi connectivity index (χ1v) is 23.4. The number of hydrogen-bond acceptors (Lipinski definition) is 1. The van der Waals surface area contributed by atoms with Gasteiger partial charge in [0.05, 0.1) is 55.3 Å². The molecular weight excluding hydrogens is 917 g/mol. The van der Waals surface area contributed by atoms with E-state index in [0.717, 1.165) is 111 Å². The summed E-state index contributed by atoms with van der Waals surface area (Å²) in [6.07, 6.45) is -10.2. The summed E-state index contributed by atoms with van der Waals surface area (Å²) in [6, 6.07) is 65.4. The molecule has 72 heavy (non-hydrogen) atoms. The highest BCUT2D eigenvalue weighted by atomic mass is 19.4. The Hall–Kier alpha value is -9.09. The monoisotopic (exact) mass is 951 g/mol. The third-order valence-corrected chi connectivity index (χ3v) is 14.1. The van der Waals surface area contributed by atoms with Gasteiger partial charge in [-0.2, -0.15) is 26.3 Å². The number of nitrogens with zero attached hydrogens (tertiary/aromatic N) is 5. The minimum Gasteiger partial charge on any atom is -0.309 e. The predicted molar refractivity (Wildman–Crippen MR) is 277 cm³/mol. The molecule has 0 radical (unpaired) electrons. The fraction of sp³-hybridized carbons (Fsp3) is 0.0328. The van der Waals surface area contributed by atoms with Crippen LogP contribution in [0.4, 0.5) is 26.3 Å². The number of pyridine rings is 1. The van der Waals surface area contributed by atoms with Crippen molar-refractivity contribution >= 4 is 87.2 Å². The zero-order chi connectivity index (χ0) is 48.6. The van der Waals surface area contributed by atoms with E-state index in [0.29, 0.717) is 11.6 Å². The minimum absolute atomic E-state index is 0.112. The summed E-state index contributed by atoms with van der Waals surface area (Å²) in [5.41, 5.74) is 5.72. The molecule has 0 amide bonds. The van der Waals surface area contributed by atoms with E-state index in [1.165, 1.54) is 0 Å². The topological polar surface area (TPSA) is 32.6 Å². The number of aromatic nitrogens is 5. The van der Waals surface area contributed by atoms with Crippen LogP contribution in [-0.4, -0.2) is 23.3 Å². The number of halogens is 6. The van der Waals surface area contributed by atoms with Crippen molar-refractivity contribution in [3.8, 4) is 34.1 Å². The van der Waals surface area contributed by atoms with Crippen LogP contribution >= 0.6 is 0 Å². The SMILES string of the molecule is FC(F)(F)c1cc(-c2cc(-n3c4ccccc4c4ccc5c(c6ccccc6n5-c5ccccc5)c43)nc(-n3c4ccccc4c4ccc5c(c6ccccc6n5-c5ccccc5)c43)c2)cc(C(F)(F)F)c1. The summed E-state index contributed by atoms with van der Waals surface area (Å²) in [4.78, 5) is 5.56. The zero-order valence-electron chi connectivity index (χ0n) is 37.7. The molecule has 346 valence electrons. The second-order valence-corrected chi connectivity index (χ2v) is 18.2. The van der Waals surface area contributed by atoms with E-state index >= 15 is 0 Å². The molecule has 0 saturated heterocycles. The van der Waals surface area contributed by atoms with Crippen molar-refractivity contribution in [1.29, 1.82) is 0 Å². The Balaban J connectivity index is 1.17. The molecule has 11 heteroatoms. The van der Waals surface area contributed by atoms with Crippen LogP contribution in [0, 0.1) is 0 Å². The van der Waals surface area contributed by atoms with Crippen molar-refractivity contribution in [1.82, 2.24) is 23.3 Å². The molecule has 9 aromatic carbocycles. The van der Waals surface area contributed by atoms with Crippen molar-refractivity contribution < 1.29 is 26.3 Å². The predicted octanol–water partition coefficient (Wildman–Crippen LogP) is 17.2. The molecular formula is C61H35F6N5. The van der Waals surface area contributed by atoms with Gasteiger partial charge in [0.15, 0.2) is 0 Å². The summed E-state index contributed by atoms with van der Waals surface area (Å²) in [7, 11) is 0. The molecule has 0 fully saturated rings. The van der Waals surface area contributed by atoms with Gasteiger partial charge in [0.2, 0.25) is 0 Å². The number of benzene rings is 9. The van der Waals surface area contributed by atoms with Crippen molar-refractivity contribution in [2.24, 2.45) is 0 Å². The number of fused-ring (bicyclic) bond motifs is 14. The van der Waals surface area contributed by atoms with Gasteiger partial charge in [-0.05, 0) is 102 Å². The lowest BCUT2D eigenvalue weighted by atomic mass is 9.99. The van der Waals surface area contributed by atoms with Crippen molar-refractivity contribution in [3.05, 3.63) is 223 Å². The van der Waals surface area contributed by atoms with Crippen LogP contribution < -0.4 is 0 Å². The summed E-state index contributed by atoms with van der Waals surface area (Å²) in [5, 5.41) is 7.30. The Morgan fingerprint density at radius 2 is 0.639 bits per heavy atom. The average molecular weight is 952 g/mol. The highest BCUT2D eigenvalue weighted by molar-refractivity contribution is 6.27. The average Bonchev–Trinajstić information content (AvgIpc) is 4.13. The molecule has 5 heterocycles. The maximum Gasteiger partial charge on any atom is 0.416 e. The van der Waals surface area contributed by atoms with Gasteiger partial charge in [-0.1, -0.05) is 121 Å². The van der Waals surface area contributed by atoms with Gasteiger partial charge in [-0.15, -0.1) is 0 Å². The van der Waals surface area contributed by atoms with Gasteiger partial charge in [-0.25, -0.2) is 4.98 Å². The van der Waals surface area contributed by atoms with E-state index < -0.39 is 23.5 Å². The van der Waals surface area contributed by atoms with Crippen LogP contribution in [-0.2, 0) is 12.4 Å². The molecule has 5 aromatic heterocycles. The normalized spacial score (nSPS) is 12.6. The van der Waals surface area contributed by atoms with Gasteiger partial charge in [0, 0.05) is 54.5 Å². The Bertz CT molecular complexity index is 4250. The first-order valence-electron chi connectivity index (χ1n) is 23.4. The van der Waals surface area contributed by atoms with Crippen molar-refractivity contribution in [3.63, 3.8) is 0 Å². The smallest absolute Gasteiger partial charge is 0.309 e. The highest BCUT2D eigenvalue weighted by Gasteiger charge is 2.37. The second-order valence-electron chi connectivity index (χ2n) is 18.2. The molecule has 0 aliphatic rings. The van der Waals surface area contributed by atoms with Gasteiger partial charge in [0.25, 0.3) is 0 Å². The third-order valence-electron chi connectivity index (χ3n) is 14.1. The molecule has 0 N–H and O–H groups in total. The zero-order valence-corrected chi connectivity index (χ0v) is 37.7. The van der Waals surface area contributed by atoms with E-state index in [4.69, 9.17) is 4.98 Å². The first kappa shape index (κ1) is 41.8. The maximum atomic E-state index is 14.8. The van der Waals surface area contributed by atoms with E-state index in [2.05, 4.69) is 57.7 Å². The fourth-order valence-electron chi connectivity index (χ4n) is 11.2. The molecule has 5 nitrogen and oxygen atoms in total. The van der Waals surface area contributed by atoms with Crippen LogP contribution in [0.25, 0.3) is 121 Å². The van der Waals surface area contributed by atoms with Gasteiger partial charge in [-0.3, -0.25) is 9.13 Å². The standard InChI is InChI=1S/C61H35F6N5/c62-60(63,64)38-31-36(32-39(35-38)61(65,66)67)37-33-54(71-48-23-11-7-19-42(48)44-27-29-52-56(58(44)71)46-21-9-13-25-50(46)69(52)40-15-3-1-4-16-40)68-55(34-37)72-49-24-12-8-20-43(49)45-28-30-53-57(59(45)72)47-22-10-14-26-51(47)70(53)41-17-5-2-6-18-41/h1-35H. The molecule has 0 bridgehead atoms. The fourth-order valence-corrected chi connectivity index (χ4v) is 11.2. The van der Waals surface area contributed by atoms with Crippen molar-refractivity contribution in [2.45, 2.75) is 12.4 Å². The molecule has 0 spiro atoms. The van der Waals surface area contributed by atoms with Crippen LogP contribution in [0.1, 0.15) is 11.1 Å². The Labute approximate surface area is 405 Å². The largest absolute Gasteiger partial charge is 0.416 e. The molecule has 0 aliphatic heterocycles. The molecule has 14 rings (SSSR count). The lowest BCUT2D eigenvalue weighted by Gasteiger charge is -2.17. The van der Waals surface area contributed by atoms with Crippen LogP contribution in [0.15, 0.2) is 212 Å². The summed E-state index contributed by atoms with van der Waals surface area (Å²) in [6.45, 7) is 0. The summed E-state index contributed by atoms with van der Waals surface area (Å²) < 4.78 is 97.0. The lowest BCUT2D eigenvalue weighted by Crippen LogP contribution is -2.11. The maximum absolute atomic E-state index is 14.8. The molecule has 0 atom stereocenters. The Morgan fingerprint density at radius 1 is 0.292 bits per heavy atom. The second kappa shape index (κ2) is 15.2. The number of alkyl halides is 6. The highest BCUT2D eigenvalue weighted by Crippen LogP contribution is 2.46. The molecule has 0 aliphatic carbocycles. The van der Waals surface area contributed by atoms with Crippen LogP contribution in [0.5, 0.6) is 0 Å². The van der Waals surface area contributed by atoms with E-state index in [-0.39, 0.29) is 17.2 Å². The number of para-hydroxylation sites is 6. The molecule has 0 unspecified atom stereocenters. The number of hydrogen-bond donors (Lipinski definition) is 0. The molecule has 14 aromatic rings.